The van der Waals surface area contributed by atoms with Gasteiger partial charge in [-0.15, -0.1) is 0 Å². The maximum Gasteiger partial charge on any atom is 0.239 e. The Morgan fingerprint density at radius 3 is 2.70 bits per heavy atom. The summed E-state index contributed by atoms with van der Waals surface area (Å²) in [5.74, 6) is 0.120. The van der Waals surface area contributed by atoms with Crippen molar-refractivity contribution in [1.29, 1.82) is 0 Å². The Hall–Kier alpha value is -2.04. The Bertz CT molecular complexity index is 612. The van der Waals surface area contributed by atoms with Gasteiger partial charge in [-0.05, 0) is 50.7 Å². The zero-order valence-electron chi connectivity index (χ0n) is 13.8. The topological polar surface area (TPSA) is 75.4 Å². The molecule has 3 atom stereocenters. The molecule has 3 rings (SSSR count). The van der Waals surface area contributed by atoms with Gasteiger partial charge in [0, 0.05) is 17.8 Å². The number of carbonyl (C=O) groups excluding carboxylic acids is 2. The number of para-hydroxylation sites is 1. The van der Waals surface area contributed by atoms with Crippen LogP contribution in [0, 0.1) is 5.92 Å². The van der Waals surface area contributed by atoms with Crippen LogP contribution in [0.3, 0.4) is 0 Å². The van der Waals surface area contributed by atoms with E-state index in [9.17, 15) is 9.59 Å². The van der Waals surface area contributed by atoms with Gasteiger partial charge < -0.3 is 16.0 Å². The predicted octanol–water partition coefficient (Wildman–Crippen LogP) is 1.77. The lowest BCUT2D eigenvalue weighted by atomic mass is 9.85. The molecule has 5 nitrogen and oxygen atoms in total. The molecular weight excluding hydrogens is 290 g/mol. The van der Waals surface area contributed by atoms with Crippen molar-refractivity contribution >= 4 is 17.5 Å². The minimum atomic E-state index is -0.296. The predicted molar refractivity (Wildman–Crippen MR) is 90.1 cm³/mol. The number of amides is 2. The summed E-state index contributed by atoms with van der Waals surface area (Å²) >= 11 is 0. The third-order valence-electron chi connectivity index (χ3n) is 5.11. The average Bonchev–Trinajstić information content (AvgIpc) is 3.34. The molecule has 3 N–H and O–H groups in total. The summed E-state index contributed by atoms with van der Waals surface area (Å²) in [4.78, 5) is 26.2. The van der Waals surface area contributed by atoms with Crippen molar-refractivity contribution in [3.8, 4) is 0 Å². The van der Waals surface area contributed by atoms with Gasteiger partial charge in [0.1, 0.15) is 0 Å². The Kier molecular flexibility index (Phi) is 4.28. The quantitative estimate of drug-likeness (QED) is 0.869. The number of nitrogens with two attached hydrogens (primary N) is 1. The molecule has 0 radical (unpaired) electrons. The van der Waals surface area contributed by atoms with Crippen LogP contribution >= 0.6 is 0 Å². The summed E-state index contributed by atoms with van der Waals surface area (Å²) in [6.45, 7) is 4.44. The van der Waals surface area contributed by atoms with Crippen molar-refractivity contribution in [2.24, 2.45) is 11.7 Å². The van der Waals surface area contributed by atoms with Crippen LogP contribution in [-0.4, -0.2) is 30.4 Å². The molecule has 1 aromatic carbocycles. The molecule has 5 heteroatoms. The number of rotatable bonds is 5. The van der Waals surface area contributed by atoms with Crippen molar-refractivity contribution in [2.45, 2.75) is 51.1 Å². The first kappa shape index (κ1) is 15.8. The molecule has 0 spiro atoms. The summed E-state index contributed by atoms with van der Waals surface area (Å²) in [5, 5.41) is 3.10. The molecule has 2 amide bonds. The first-order chi connectivity index (χ1) is 11.0. The number of primary amides is 1. The molecule has 23 heavy (non-hydrogen) atoms. The summed E-state index contributed by atoms with van der Waals surface area (Å²) < 4.78 is 0. The first-order valence-corrected chi connectivity index (χ1v) is 8.41. The third kappa shape index (κ3) is 3.33. The molecule has 2 aliphatic rings. The Morgan fingerprint density at radius 2 is 2.04 bits per heavy atom. The molecule has 1 aliphatic heterocycles. The van der Waals surface area contributed by atoms with E-state index < -0.39 is 0 Å². The molecule has 1 fully saturated rings. The highest BCUT2D eigenvalue weighted by Gasteiger charge is 2.34. The zero-order valence-corrected chi connectivity index (χ0v) is 13.8. The molecule has 0 unspecified atom stereocenters. The van der Waals surface area contributed by atoms with Crippen molar-refractivity contribution in [3.63, 3.8) is 0 Å². The van der Waals surface area contributed by atoms with Gasteiger partial charge in [0.25, 0.3) is 0 Å². The normalized spacial score (nSPS) is 24.7. The van der Waals surface area contributed by atoms with E-state index >= 15 is 0 Å². The van der Waals surface area contributed by atoms with E-state index in [4.69, 9.17) is 5.73 Å². The second-order valence-corrected chi connectivity index (χ2v) is 6.92. The molecule has 0 bridgehead atoms. The summed E-state index contributed by atoms with van der Waals surface area (Å²) in [6, 6.07) is 8.11. The van der Waals surface area contributed by atoms with Crippen molar-refractivity contribution in [2.75, 3.05) is 11.4 Å². The number of nitrogens with zero attached hydrogens (tertiary/aromatic N) is 1. The fourth-order valence-corrected chi connectivity index (χ4v) is 3.56. The molecule has 0 saturated heterocycles. The number of nitrogens with one attached hydrogen (secondary N) is 1. The molecular formula is C18H25N3O2. The minimum absolute atomic E-state index is 0.0450. The van der Waals surface area contributed by atoms with E-state index in [2.05, 4.69) is 17.1 Å². The fourth-order valence-electron chi connectivity index (χ4n) is 3.56. The van der Waals surface area contributed by atoms with Crippen LogP contribution in [0.4, 0.5) is 5.69 Å². The standard InChI is InChI=1S/C18H25N3O2/c1-11-9-15(18(19)23)14-5-3-4-6-16(14)21(11)10-17(22)20-12(2)13-7-8-13/h3-6,11-13,15H,7-10H2,1-2H3,(H2,19,23)(H,20,22)/t11-,12+,15+/m1/s1. The number of hydrogen-bond donors (Lipinski definition) is 2. The van der Waals surface area contributed by atoms with Crippen LogP contribution in [-0.2, 0) is 9.59 Å². The SMILES string of the molecule is C[C@H](NC(=O)CN1c2ccccc2[C@@H](C(N)=O)C[C@H]1C)C1CC1. The van der Waals surface area contributed by atoms with Gasteiger partial charge in [-0.25, -0.2) is 0 Å². The molecule has 124 valence electrons. The van der Waals surface area contributed by atoms with E-state index in [1.165, 1.54) is 12.8 Å². The van der Waals surface area contributed by atoms with Gasteiger partial charge in [-0.2, -0.15) is 0 Å². The highest BCUT2D eigenvalue weighted by Crippen LogP contribution is 2.38. The number of anilines is 1. The summed E-state index contributed by atoms with van der Waals surface area (Å²) in [6.07, 6.45) is 3.08. The maximum absolute atomic E-state index is 12.4. The Labute approximate surface area is 137 Å². The first-order valence-electron chi connectivity index (χ1n) is 8.41. The van der Waals surface area contributed by atoms with Crippen LogP contribution in [0.1, 0.15) is 44.6 Å². The lowest BCUT2D eigenvalue weighted by Crippen LogP contribution is -2.48. The van der Waals surface area contributed by atoms with Crippen LogP contribution in [0.5, 0.6) is 0 Å². The van der Waals surface area contributed by atoms with Gasteiger partial charge in [0.15, 0.2) is 0 Å². The minimum Gasteiger partial charge on any atom is -0.369 e. The Morgan fingerprint density at radius 1 is 1.35 bits per heavy atom. The fraction of sp³-hybridized carbons (Fsp3) is 0.556. The molecule has 1 aliphatic carbocycles. The van der Waals surface area contributed by atoms with Gasteiger partial charge in [-0.1, -0.05) is 18.2 Å². The largest absolute Gasteiger partial charge is 0.369 e. The van der Waals surface area contributed by atoms with Gasteiger partial charge in [-0.3, -0.25) is 9.59 Å². The molecule has 1 saturated carbocycles. The van der Waals surface area contributed by atoms with Crippen LogP contribution in [0.25, 0.3) is 0 Å². The lowest BCUT2D eigenvalue weighted by molar-refractivity contribution is -0.120. The zero-order chi connectivity index (χ0) is 16.6. The van der Waals surface area contributed by atoms with E-state index in [-0.39, 0.29) is 29.8 Å². The number of fused-ring (bicyclic) bond motifs is 1. The highest BCUT2D eigenvalue weighted by molar-refractivity contribution is 5.87. The highest BCUT2D eigenvalue weighted by atomic mass is 16.2. The van der Waals surface area contributed by atoms with Crippen LogP contribution in [0.15, 0.2) is 24.3 Å². The van der Waals surface area contributed by atoms with Crippen LogP contribution < -0.4 is 16.0 Å². The molecule has 1 heterocycles. The maximum atomic E-state index is 12.4. The summed E-state index contributed by atoms with van der Waals surface area (Å²) in [5.41, 5.74) is 7.44. The average molecular weight is 315 g/mol. The number of hydrogen-bond acceptors (Lipinski definition) is 3. The third-order valence-corrected chi connectivity index (χ3v) is 5.11. The van der Waals surface area contributed by atoms with Gasteiger partial charge in [0.2, 0.25) is 11.8 Å². The molecule has 0 aromatic heterocycles. The molecule has 1 aromatic rings. The van der Waals surface area contributed by atoms with E-state index in [0.29, 0.717) is 18.9 Å². The second-order valence-electron chi connectivity index (χ2n) is 6.92. The monoisotopic (exact) mass is 315 g/mol. The van der Waals surface area contributed by atoms with E-state index in [1.54, 1.807) is 0 Å². The second kappa shape index (κ2) is 6.22. The van der Waals surface area contributed by atoms with Crippen molar-refractivity contribution in [1.82, 2.24) is 5.32 Å². The smallest absolute Gasteiger partial charge is 0.239 e. The van der Waals surface area contributed by atoms with Gasteiger partial charge in [0.05, 0.1) is 12.5 Å². The van der Waals surface area contributed by atoms with Crippen molar-refractivity contribution in [3.05, 3.63) is 29.8 Å². The van der Waals surface area contributed by atoms with E-state index in [1.807, 2.05) is 31.2 Å². The number of carbonyl (C=O) groups is 2. The van der Waals surface area contributed by atoms with Gasteiger partial charge >= 0.3 is 0 Å². The van der Waals surface area contributed by atoms with Crippen LogP contribution in [0.2, 0.25) is 0 Å². The number of benzene rings is 1. The van der Waals surface area contributed by atoms with E-state index in [0.717, 1.165) is 11.3 Å². The Balaban J connectivity index is 1.76. The lowest BCUT2D eigenvalue weighted by Gasteiger charge is -2.39. The summed E-state index contributed by atoms with van der Waals surface area (Å²) in [7, 11) is 0. The van der Waals surface area contributed by atoms with Crippen molar-refractivity contribution < 1.29 is 9.59 Å².